The number of rotatable bonds is 6. The van der Waals surface area contributed by atoms with Gasteiger partial charge in [-0.3, -0.25) is 14.5 Å². The highest BCUT2D eigenvalue weighted by Crippen LogP contribution is 2.15. The summed E-state index contributed by atoms with van der Waals surface area (Å²) in [6, 6.07) is 17.1. The first-order valence-electron chi connectivity index (χ1n) is 9.49. The molecule has 3 rings (SSSR count). The van der Waals surface area contributed by atoms with Crippen molar-refractivity contribution in [3.8, 4) is 5.75 Å². The van der Waals surface area contributed by atoms with Crippen molar-refractivity contribution in [2.75, 3.05) is 39.8 Å². The number of ether oxygens (including phenoxy) is 1. The molecule has 1 amide bonds. The van der Waals surface area contributed by atoms with Crippen LogP contribution in [0.4, 0.5) is 0 Å². The minimum atomic E-state index is 0.0301. The van der Waals surface area contributed by atoms with Crippen LogP contribution in [-0.4, -0.2) is 61.3 Å². The first kappa shape index (κ1) is 19.8. The molecule has 0 aliphatic carbocycles. The van der Waals surface area contributed by atoms with Crippen molar-refractivity contribution in [3.05, 3.63) is 71.8 Å². The predicted molar refractivity (Wildman–Crippen MR) is 110 cm³/mol. The number of allylic oxidation sites excluding steroid dienone is 1. The molecule has 1 aliphatic heterocycles. The van der Waals surface area contributed by atoms with Crippen LogP contribution < -0.4 is 4.74 Å². The molecular weight excluding hydrogens is 352 g/mol. The van der Waals surface area contributed by atoms with Crippen molar-refractivity contribution in [1.29, 1.82) is 0 Å². The molecule has 0 bridgehead atoms. The lowest BCUT2D eigenvalue weighted by Crippen LogP contribution is -2.49. The molecule has 0 radical (unpaired) electrons. The number of piperazine rings is 1. The van der Waals surface area contributed by atoms with Gasteiger partial charge < -0.3 is 9.64 Å². The summed E-state index contributed by atoms with van der Waals surface area (Å²) >= 11 is 0. The summed E-state index contributed by atoms with van der Waals surface area (Å²) in [4.78, 5) is 29.0. The van der Waals surface area contributed by atoms with Gasteiger partial charge in [0.2, 0.25) is 5.91 Å². The number of Topliss-reactive ketones (excluding diaryl/α,β-unsaturated/α-hetero) is 1. The third-order valence-corrected chi connectivity index (χ3v) is 5.03. The third kappa shape index (κ3) is 5.08. The van der Waals surface area contributed by atoms with Crippen LogP contribution in [-0.2, 0) is 4.79 Å². The van der Waals surface area contributed by atoms with Crippen molar-refractivity contribution in [2.45, 2.75) is 6.92 Å². The number of amides is 1. The van der Waals surface area contributed by atoms with E-state index in [0.29, 0.717) is 38.3 Å². The zero-order valence-electron chi connectivity index (χ0n) is 16.4. The van der Waals surface area contributed by atoms with Crippen molar-refractivity contribution >= 4 is 17.3 Å². The quantitative estimate of drug-likeness (QED) is 0.572. The molecule has 0 atom stereocenters. The normalized spacial score (nSPS) is 15.4. The fraction of sp³-hybridized carbons (Fsp3) is 0.304. The number of hydrogen-bond donors (Lipinski definition) is 0. The van der Waals surface area contributed by atoms with Crippen LogP contribution >= 0.6 is 0 Å². The van der Waals surface area contributed by atoms with Crippen LogP contribution in [0.15, 0.2) is 60.7 Å². The highest BCUT2D eigenvalue weighted by atomic mass is 16.5. The van der Waals surface area contributed by atoms with Gasteiger partial charge in [-0.2, -0.15) is 0 Å². The Balaban J connectivity index is 1.51. The van der Waals surface area contributed by atoms with Gasteiger partial charge in [-0.1, -0.05) is 30.3 Å². The minimum Gasteiger partial charge on any atom is -0.497 e. The van der Waals surface area contributed by atoms with Gasteiger partial charge in [-0.25, -0.2) is 0 Å². The van der Waals surface area contributed by atoms with E-state index < -0.39 is 0 Å². The highest BCUT2D eigenvalue weighted by molar-refractivity contribution is 5.98. The van der Waals surface area contributed by atoms with Crippen LogP contribution in [0.3, 0.4) is 0 Å². The minimum absolute atomic E-state index is 0.0301. The number of carbonyl (C=O) groups is 2. The summed E-state index contributed by atoms with van der Waals surface area (Å²) in [7, 11) is 1.61. The molecule has 2 aromatic rings. The maximum Gasteiger partial charge on any atom is 0.246 e. The number of ketones is 1. The van der Waals surface area contributed by atoms with Crippen LogP contribution in [0.2, 0.25) is 0 Å². The number of methoxy groups -OCH3 is 1. The molecule has 1 heterocycles. The Morgan fingerprint density at radius 3 is 2.18 bits per heavy atom. The lowest BCUT2D eigenvalue weighted by molar-refractivity contribution is -0.127. The average molecular weight is 378 g/mol. The molecule has 1 fully saturated rings. The van der Waals surface area contributed by atoms with E-state index in [0.717, 1.165) is 16.9 Å². The standard InChI is InChI=1S/C23H26N2O3/c1-18(19-6-4-3-5-7-19)16-23(27)25-14-12-24(13-15-25)17-22(26)20-8-10-21(28-2)11-9-20/h3-11,16H,12-15,17H2,1-2H3/b18-16+. The molecule has 0 saturated carbocycles. The van der Waals surface area contributed by atoms with Crippen LogP contribution in [0.25, 0.3) is 5.57 Å². The summed E-state index contributed by atoms with van der Waals surface area (Å²) in [6.45, 7) is 4.99. The predicted octanol–water partition coefficient (Wildman–Crippen LogP) is 3.13. The van der Waals surface area contributed by atoms with E-state index >= 15 is 0 Å². The van der Waals surface area contributed by atoms with Gasteiger partial charge in [0.25, 0.3) is 0 Å². The van der Waals surface area contributed by atoms with E-state index in [2.05, 4.69) is 4.90 Å². The fourth-order valence-corrected chi connectivity index (χ4v) is 3.26. The fourth-order valence-electron chi connectivity index (χ4n) is 3.26. The highest BCUT2D eigenvalue weighted by Gasteiger charge is 2.22. The van der Waals surface area contributed by atoms with Gasteiger partial charge in [0, 0.05) is 37.8 Å². The SMILES string of the molecule is COc1ccc(C(=O)CN2CCN(C(=O)/C=C(\C)c3ccccc3)CC2)cc1. The van der Waals surface area contributed by atoms with Gasteiger partial charge in [0.1, 0.15) is 5.75 Å². The van der Waals surface area contributed by atoms with Gasteiger partial charge in [-0.15, -0.1) is 0 Å². The molecule has 0 aromatic heterocycles. The summed E-state index contributed by atoms with van der Waals surface area (Å²) < 4.78 is 5.12. The Morgan fingerprint density at radius 1 is 0.929 bits per heavy atom. The maximum absolute atomic E-state index is 12.5. The molecule has 1 aliphatic rings. The lowest BCUT2D eigenvalue weighted by atomic mass is 10.1. The van der Waals surface area contributed by atoms with E-state index in [1.807, 2.05) is 42.2 Å². The van der Waals surface area contributed by atoms with E-state index in [4.69, 9.17) is 4.74 Å². The van der Waals surface area contributed by atoms with Crippen molar-refractivity contribution in [1.82, 2.24) is 9.80 Å². The van der Waals surface area contributed by atoms with Crippen LogP contribution in [0.5, 0.6) is 5.75 Å². The van der Waals surface area contributed by atoms with Gasteiger partial charge in [-0.05, 0) is 42.3 Å². The number of benzene rings is 2. The Kier molecular flexibility index (Phi) is 6.61. The molecule has 5 nitrogen and oxygen atoms in total. The first-order valence-corrected chi connectivity index (χ1v) is 9.49. The molecule has 1 saturated heterocycles. The summed E-state index contributed by atoms with van der Waals surface area (Å²) in [5, 5.41) is 0. The Morgan fingerprint density at radius 2 is 1.57 bits per heavy atom. The van der Waals surface area contributed by atoms with E-state index in [9.17, 15) is 9.59 Å². The topological polar surface area (TPSA) is 49.9 Å². The second-order valence-electron chi connectivity index (χ2n) is 6.95. The molecular formula is C23H26N2O3. The second kappa shape index (κ2) is 9.33. The molecule has 0 unspecified atom stereocenters. The first-order chi connectivity index (χ1) is 13.6. The largest absolute Gasteiger partial charge is 0.497 e. The van der Waals surface area contributed by atoms with E-state index in [1.165, 1.54) is 0 Å². The van der Waals surface area contributed by atoms with Crippen LogP contribution in [0, 0.1) is 0 Å². The molecule has 0 spiro atoms. The molecule has 28 heavy (non-hydrogen) atoms. The Bertz CT molecular complexity index is 836. The summed E-state index contributed by atoms with van der Waals surface area (Å²) in [6.07, 6.45) is 1.70. The maximum atomic E-state index is 12.5. The zero-order valence-corrected chi connectivity index (χ0v) is 16.4. The van der Waals surface area contributed by atoms with Crippen molar-refractivity contribution in [3.63, 3.8) is 0 Å². The lowest BCUT2D eigenvalue weighted by Gasteiger charge is -2.34. The second-order valence-corrected chi connectivity index (χ2v) is 6.95. The smallest absolute Gasteiger partial charge is 0.246 e. The molecule has 2 aromatic carbocycles. The summed E-state index contributed by atoms with van der Waals surface area (Å²) in [5.74, 6) is 0.854. The third-order valence-electron chi connectivity index (χ3n) is 5.03. The summed E-state index contributed by atoms with van der Waals surface area (Å²) in [5.41, 5.74) is 2.70. The molecule has 146 valence electrons. The van der Waals surface area contributed by atoms with Crippen molar-refractivity contribution in [2.24, 2.45) is 0 Å². The van der Waals surface area contributed by atoms with Crippen LogP contribution in [0.1, 0.15) is 22.8 Å². The molecule has 0 N–H and O–H groups in total. The zero-order chi connectivity index (χ0) is 19.9. The van der Waals surface area contributed by atoms with E-state index in [-0.39, 0.29) is 11.7 Å². The number of carbonyl (C=O) groups excluding carboxylic acids is 2. The van der Waals surface area contributed by atoms with Gasteiger partial charge in [0.05, 0.1) is 13.7 Å². The molecule has 5 heteroatoms. The van der Waals surface area contributed by atoms with Gasteiger partial charge in [0.15, 0.2) is 5.78 Å². The van der Waals surface area contributed by atoms with Crippen molar-refractivity contribution < 1.29 is 14.3 Å². The Hall–Kier alpha value is -2.92. The number of hydrogen-bond acceptors (Lipinski definition) is 4. The van der Waals surface area contributed by atoms with E-state index in [1.54, 1.807) is 37.5 Å². The van der Waals surface area contributed by atoms with Gasteiger partial charge >= 0.3 is 0 Å². The Labute approximate surface area is 166 Å². The number of nitrogens with zero attached hydrogens (tertiary/aromatic N) is 2. The average Bonchev–Trinajstić information content (AvgIpc) is 2.74. The monoisotopic (exact) mass is 378 g/mol.